The third kappa shape index (κ3) is 3.09. The number of hydrogen-bond acceptors (Lipinski definition) is 5. The van der Waals surface area contributed by atoms with Gasteiger partial charge < -0.3 is 9.47 Å². The van der Waals surface area contributed by atoms with Gasteiger partial charge in [-0.3, -0.25) is 10.1 Å². The number of aryl methyl sites for hydroxylation is 1. The topological polar surface area (TPSA) is 85.4 Å². The van der Waals surface area contributed by atoms with Gasteiger partial charge in [-0.1, -0.05) is 6.07 Å². The van der Waals surface area contributed by atoms with Gasteiger partial charge in [-0.15, -0.1) is 0 Å². The van der Waals surface area contributed by atoms with Crippen LogP contribution < -0.4 is 9.47 Å². The van der Waals surface area contributed by atoms with Crippen LogP contribution in [-0.2, 0) is 0 Å². The molecule has 0 aliphatic rings. The molecule has 0 aliphatic carbocycles. The summed E-state index contributed by atoms with van der Waals surface area (Å²) in [5.41, 5.74) is 1.16. The van der Waals surface area contributed by atoms with Gasteiger partial charge in [0.25, 0.3) is 5.69 Å². The third-order valence-electron chi connectivity index (χ3n) is 2.83. The van der Waals surface area contributed by atoms with Crippen LogP contribution in [0.3, 0.4) is 0 Å². The Hall–Kier alpha value is -3.07. The molecular formula is C15H12N2O4. The first-order valence-electron chi connectivity index (χ1n) is 6.06. The summed E-state index contributed by atoms with van der Waals surface area (Å²) in [6, 6.07) is 11.2. The number of methoxy groups -OCH3 is 1. The Kier molecular flexibility index (Phi) is 4.05. The lowest BCUT2D eigenvalue weighted by molar-refractivity contribution is -0.384. The van der Waals surface area contributed by atoms with Crippen molar-refractivity contribution in [2.24, 2.45) is 0 Å². The van der Waals surface area contributed by atoms with Crippen LogP contribution in [0.5, 0.6) is 17.2 Å². The number of benzene rings is 2. The van der Waals surface area contributed by atoms with Crippen LogP contribution in [0.1, 0.15) is 11.1 Å². The van der Waals surface area contributed by atoms with Crippen molar-refractivity contribution >= 4 is 5.69 Å². The molecule has 2 rings (SSSR count). The van der Waals surface area contributed by atoms with Crippen molar-refractivity contribution in [1.29, 1.82) is 5.26 Å². The number of rotatable bonds is 4. The van der Waals surface area contributed by atoms with E-state index in [9.17, 15) is 10.1 Å². The second-order valence-corrected chi connectivity index (χ2v) is 4.31. The van der Waals surface area contributed by atoms with E-state index in [1.54, 1.807) is 18.2 Å². The maximum atomic E-state index is 10.8. The zero-order chi connectivity index (χ0) is 15.4. The summed E-state index contributed by atoms with van der Waals surface area (Å²) in [6.07, 6.45) is 0. The van der Waals surface area contributed by atoms with Crippen molar-refractivity contribution in [3.63, 3.8) is 0 Å². The van der Waals surface area contributed by atoms with Gasteiger partial charge in [0.1, 0.15) is 11.8 Å². The lowest BCUT2D eigenvalue weighted by atomic mass is 10.1. The Morgan fingerprint density at radius 2 is 1.86 bits per heavy atom. The molecular weight excluding hydrogens is 272 g/mol. The molecule has 2 aromatic rings. The Balaban J connectivity index is 2.45. The average molecular weight is 284 g/mol. The first-order valence-corrected chi connectivity index (χ1v) is 6.06. The zero-order valence-electron chi connectivity index (χ0n) is 11.5. The summed E-state index contributed by atoms with van der Waals surface area (Å²) in [4.78, 5) is 10.3. The second-order valence-electron chi connectivity index (χ2n) is 4.31. The first-order chi connectivity index (χ1) is 10.0. The average Bonchev–Trinajstić information content (AvgIpc) is 2.48. The highest BCUT2D eigenvalue weighted by atomic mass is 16.6. The number of non-ortho nitro benzene ring substituents is 1. The molecule has 0 amide bonds. The smallest absolute Gasteiger partial charge is 0.273 e. The molecule has 0 saturated carbocycles. The second kappa shape index (κ2) is 5.92. The minimum absolute atomic E-state index is 0.114. The molecule has 6 nitrogen and oxygen atoms in total. The molecule has 6 heteroatoms. The van der Waals surface area contributed by atoms with Crippen LogP contribution in [0.4, 0.5) is 5.69 Å². The Morgan fingerprint density at radius 3 is 2.48 bits per heavy atom. The monoisotopic (exact) mass is 284 g/mol. The molecule has 0 spiro atoms. The number of nitro groups is 1. The van der Waals surface area contributed by atoms with Crippen LogP contribution in [0, 0.1) is 28.4 Å². The molecule has 0 unspecified atom stereocenters. The van der Waals surface area contributed by atoms with Crippen molar-refractivity contribution < 1.29 is 14.4 Å². The number of nitrogens with zero attached hydrogens (tertiary/aromatic N) is 2. The largest absolute Gasteiger partial charge is 0.493 e. The minimum atomic E-state index is -0.521. The molecule has 21 heavy (non-hydrogen) atoms. The number of ether oxygens (including phenoxy) is 2. The first kappa shape index (κ1) is 14.3. The summed E-state index contributed by atoms with van der Waals surface area (Å²) in [7, 11) is 1.44. The Bertz CT molecular complexity index is 735. The Labute approximate surface area is 121 Å². The quantitative estimate of drug-likeness (QED) is 0.632. The number of hydrogen-bond donors (Lipinski definition) is 0. The van der Waals surface area contributed by atoms with E-state index in [4.69, 9.17) is 14.7 Å². The fourth-order valence-corrected chi connectivity index (χ4v) is 1.80. The molecule has 0 fully saturated rings. The molecule has 2 aromatic carbocycles. The fraction of sp³-hybridized carbons (Fsp3) is 0.133. The number of nitriles is 1. The summed E-state index contributed by atoms with van der Waals surface area (Å²) >= 11 is 0. The van der Waals surface area contributed by atoms with Gasteiger partial charge >= 0.3 is 0 Å². The van der Waals surface area contributed by atoms with E-state index in [1.807, 2.05) is 13.0 Å². The summed E-state index contributed by atoms with van der Waals surface area (Å²) < 4.78 is 10.7. The summed E-state index contributed by atoms with van der Waals surface area (Å²) in [5, 5.41) is 20.0. The van der Waals surface area contributed by atoms with Crippen LogP contribution in [0.2, 0.25) is 0 Å². The van der Waals surface area contributed by atoms with Gasteiger partial charge in [-0.05, 0) is 30.7 Å². The molecule has 0 atom stereocenters. The van der Waals surface area contributed by atoms with E-state index in [0.717, 1.165) is 5.56 Å². The minimum Gasteiger partial charge on any atom is -0.493 e. The van der Waals surface area contributed by atoms with Crippen molar-refractivity contribution in [3.05, 3.63) is 57.6 Å². The summed E-state index contributed by atoms with van der Waals surface area (Å²) in [6.45, 7) is 1.86. The highest BCUT2D eigenvalue weighted by Gasteiger charge is 2.14. The molecule has 0 aromatic heterocycles. The van der Waals surface area contributed by atoms with Gasteiger partial charge in [0, 0.05) is 6.07 Å². The lowest BCUT2D eigenvalue weighted by Crippen LogP contribution is -1.95. The van der Waals surface area contributed by atoms with E-state index in [1.165, 1.54) is 25.3 Å². The van der Waals surface area contributed by atoms with E-state index in [0.29, 0.717) is 17.1 Å². The molecule has 0 saturated heterocycles. The van der Waals surface area contributed by atoms with Gasteiger partial charge in [-0.25, -0.2) is 0 Å². The van der Waals surface area contributed by atoms with Gasteiger partial charge in [0.15, 0.2) is 11.5 Å². The van der Waals surface area contributed by atoms with E-state index < -0.39 is 4.92 Å². The predicted octanol–water partition coefficient (Wildman–Crippen LogP) is 3.58. The van der Waals surface area contributed by atoms with Crippen molar-refractivity contribution in [3.8, 4) is 23.3 Å². The van der Waals surface area contributed by atoms with Crippen LogP contribution in [0.15, 0.2) is 36.4 Å². The molecule has 0 aliphatic heterocycles. The SMILES string of the molecule is COc1ccc([N+](=O)[O-])cc1Oc1ccc(C)cc1C#N. The molecule has 0 bridgehead atoms. The van der Waals surface area contributed by atoms with Crippen molar-refractivity contribution in [2.45, 2.75) is 6.92 Å². The highest BCUT2D eigenvalue weighted by Crippen LogP contribution is 2.35. The Morgan fingerprint density at radius 1 is 1.14 bits per heavy atom. The summed E-state index contributed by atoms with van der Waals surface area (Å²) in [5.74, 6) is 0.860. The zero-order valence-corrected chi connectivity index (χ0v) is 11.5. The molecule has 0 heterocycles. The normalized spacial score (nSPS) is 9.76. The maximum absolute atomic E-state index is 10.8. The predicted molar refractivity (Wildman–Crippen MR) is 75.6 cm³/mol. The van der Waals surface area contributed by atoms with Crippen LogP contribution >= 0.6 is 0 Å². The van der Waals surface area contributed by atoms with Gasteiger partial charge in [0.05, 0.1) is 23.7 Å². The highest BCUT2D eigenvalue weighted by molar-refractivity contribution is 5.53. The number of nitro benzene ring substituents is 1. The van der Waals surface area contributed by atoms with Crippen LogP contribution in [-0.4, -0.2) is 12.0 Å². The van der Waals surface area contributed by atoms with Gasteiger partial charge in [0.2, 0.25) is 0 Å². The fourth-order valence-electron chi connectivity index (χ4n) is 1.80. The van der Waals surface area contributed by atoms with E-state index >= 15 is 0 Å². The molecule has 0 radical (unpaired) electrons. The van der Waals surface area contributed by atoms with E-state index in [-0.39, 0.29) is 11.4 Å². The molecule has 0 N–H and O–H groups in total. The van der Waals surface area contributed by atoms with Crippen molar-refractivity contribution in [1.82, 2.24) is 0 Å². The van der Waals surface area contributed by atoms with Crippen LogP contribution in [0.25, 0.3) is 0 Å². The van der Waals surface area contributed by atoms with E-state index in [2.05, 4.69) is 0 Å². The standard InChI is InChI=1S/C15H12N2O4/c1-10-3-5-13(11(7-10)9-16)21-15-8-12(17(18)19)4-6-14(15)20-2/h3-8H,1-2H3. The maximum Gasteiger partial charge on any atom is 0.273 e. The third-order valence-corrected chi connectivity index (χ3v) is 2.83. The van der Waals surface area contributed by atoms with Crippen molar-refractivity contribution in [2.75, 3.05) is 7.11 Å². The lowest BCUT2D eigenvalue weighted by Gasteiger charge is -2.11. The van der Waals surface area contributed by atoms with Gasteiger partial charge in [-0.2, -0.15) is 5.26 Å². The molecule has 106 valence electrons.